The molecule has 0 bridgehead atoms. The quantitative estimate of drug-likeness (QED) is 0.777. The molecule has 0 spiro atoms. The van der Waals surface area contributed by atoms with E-state index in [1.165, 1.54) is 11.4 Å². The number of amides is 1. The van der Waals surface area contributed by atoms with Crippen molar-refractivity contribution in [3.8, 4) is 11.5 Å². The van der Waals surface area contributed by atoms with Gasteiger partial charge in [0.15, 0.2) is 0 Å². The Bertz CT molecular complexity index is 937. The number of ether oxygens (including phenoxy) is 2. The zero-order valence-corrected chi connectivity index (χ0v) is 16.1. The number of hydrogen-bond donors (Lipinski definition) is 2. The highest BCUT2D eigenvalue weighted by atomic mass is 32.2. The van der Waals surface area contributed by atoms with Crippen LogP contribution in [-0.4, -0.2) is 27.0 Å². The maximum absolute atomic E-state index is 12.4. The monoisotopic (exact) mass is 396 g/mol. The van der Waals surface area contributed by atoms with Crippen LogP contribution in [0.3, 0.4) is 0 Å². The predicted octanol–water partition coefficient (Wildman–Crippen LogP) is 2.05. The Morgan fingerprint density at radius 1 is 1.46 bits per heavy atom. The van der Waals surface area contributed by atoms with E-state index in [1.54, 1.807) is 0 Å². The van der Waals surface area contributed by atoms with Gasteiger partial charge in [-0.2, -0.15) is 0 Å². The first-order chi connectivity index (χ1) is 12.3. The summed E-state index contributed by atoms with van der Waals surface area (Å²) in [6.07, 6.45) is 0.919. The highest BCUT2D eigenvalue weighted by Gasteiger charge is 2.23. The zero-order valence-electron chi connectivity index (χ0n) is 14.4. The van der Waals surface area contributed by atoms with Crippen LogP contribution in [0.15, 0.2) is 28.5 Å². The summed E-state index contributed by atoms with van der Waals surface area (Å²) in [6, 6.07) is 5.12. The van der Waals surface area contributed by atoms with Crippen molar-refractivity contribution in [1.82, 2.24) is 5.32 Å². The lowest BCUT2D eigenvalue weighted by atomic mass is 10.1. The molecular weight excluding hydrogens is 376 g/mol. The third kappa shape index (κ3) is 3.84. The van der Waals surface area contributed by atoms with Gasteiger partial charge in [0.2, 0.25) is 10.0 Å². The second-order valence-corrected chi connectivity index (χ2v) is 8.42. The molecule has 1 amide bonds. The topological polar surface area (TPSA) is 108 Å². The van der Waals surface area contributed by atoms with Crippen LogP contribution in [0.25, 0.3) is 0 Å². The first-order valence-electron chi connectivity index (χ1n) is 8.13. The molecule has 1 aromatic carbocycles. The number of hydrogen-bond acceptors (Lipinski definition) is 6. The first kappa shape index (κ1) is 18.7. The van der Waals surface area contributed by atoms with E-state index in [0.717, 1.165) is 34.6 Å². The molecule has 0 fully saturated rings. The highest BCUT2D eigenvalue weighted by Crippen LogP contribution is 2.35. The van der Waals surface area contributed by atoms with Crippen LogP contribution in [0.2, 0.25) is 0 Å². The number of nitrogens with one attached hydrogen (secondary N) is 1. The number of rotatable bonds is 6. The lowest BCUT2D eigenvalue weighted by Gasteiger charge is -2.13. The van der Waals surface area contributed by atoms with Crippen molar-refractivity contribution in [3.63, 3.8) is 0 Å². The molecule has 1 atom stereocenters. The first-order valence-corrected chi connectivity index (χ1v) is 10.6. The molecule has 140 valence electrons. The van der Waals surface area contributed by atoms with Crippen molar-refractivity contribution >= 4 is 27.3 Å². The van der Waals surface area contributed by atoms with E-state index in [0.29, 0.717) is 12.4 Å². The molecule has 0 radical (unpaired) electrons. The Balaban J connectivity index is 1.81. The second-order valence-electron chi connectivity index (χ2n) is 5.97. The number of fused-ring (bicyclic) bond motifs is 1. The van der Waals surface area contributed by atoms with E-state index in [2.05, 4.69) is 5.32 Å². The van der Waals surface area contributed by atoms with Crippen LogP contribution < -0.4 is 19.9 Å². The highest BCUT2D eigenvalue weighted by molar-refractivity contribution is 7.89. The standard InChI is InChI=1S/C17H20N2O5S2/c1-3-23-13-7-11-6-10(2)24-14(11)8-12(13)9-19-17(20)16-15(4-5-25-16)26(18,21)22/h4-5,7-8,10H,3,6,9H2,1-2H3,(H,19,20)(H2,18,21,22)/t10-/m0/s1. The Hall–Kier alpha value is -2.10. The summed E-state index contributed by atoms with van der Waals surface area (Å²) in [5.41, 5.74) is 1.84. The van der Waals surface area contributed by atoms with Crippen molar-refractivity contribution in [1.29, 1.82) is 0 Å². The predicted molar refractivity (Wildman–Crippen MR) is 98.3 cm³/mol. The van der Waals surface area contributed by atoms with Crippen LogP contribution >= 0.6 is 11.3 Å². The van der Waals surface area contributed by atoms with Crippen molar-refractivity contribution in [2.45, 2.75) is 37.8 Å². The van der Waals surface area contributed by atoms with Gasteiger partial charge in [0.1, 0.15) is 27.4 Å². The van der Waals surface area contributed by atoms with Gasteiger partial charge in [0.25, 0.3) is 5.91 Å². The molecule has 0 aliphatic carbocycles. The van der Waals surface area contributed by atoms with E-state index >= 15 is 0 Å². The molecule has 3 rings (SSSR count). The van der Waals surface area contributed by atoms with Crippen molar-refractivity contribution in [3.05, 3.63) is 39.6 Å². The largest absolute Gasteiger partial charge is 0.494 e. The fourth-order valence-corrected chi connectivity index (χ4v) is 4.74. The van der Waals surface area contributed by atoms with Gasteiger partial charge in [0.05, 0.1) is 6.61 Å². The fraction of sp³-hybridized carbons (Fsp3) is 0.353. The number of benzene rings is 1. The SMILES string of the molecule is CCOc1cc2c(cc1CNC(=O)c1sccc1S(N)(=O)=O)O[C@@H](C)C2. The summed E-state index contributed by atoms with van der Waals surface area (Å²) in [4.78, 5) is 12.3. The van der Waals surface area contributed by atoms with Crippen LogP contribution in [0.5, 0.6) is 11.5 Å². The van der Waals surface area contributed by atoms with E-state index in [4.69, 9.17) is 14.6 Å². The van der Waals surface area contributed by atoms with Gasteiger partial charge in [-0.25, -0.2) is 13.6 Å². The molecule has 7 nitrogen and oxygen atoms in total. The summed E-state index contributed by atoms with van der Waals surface area (Å²) in [6.45, 7) is 4.56. The molecule has 1 aliphatic rings. The number of primary sulfonamides is 1. The van der Waals surface area contributed by atoms with E-state index in [-0.39, 0.29) is 22.4 Å². The lowest BCUT2D eigenvalue weighted by molar-refractivity contribution is 0.0951. The van der Waals surface area contributed by atoms with Gasteiger partial charge in [-0.05, 0) is 37.4 Å². The van der Waals surface area contributed by atoms with Crippen LogP contribution in [-0.2, 0) is 23.0 Å². The van der Waals surface area contributed by atoms with Crippen molar-refractivity contribution in [2.75, 3.05) is 6.61 Å². The van der Waals surface area contributed by atoms with Gasteiger partial charge < -0.3 is 14.8 Å². The van der Waals surface area contributed by atoms with Crippen LogP contribution in [0.4, 0.5) is 0 Å². The molecule has 26 heavy (non-hydrogen) atoms. The summed E-state index contributed by atoms with van der Waals surface area (Å²) in [5, 5.41) is 9.40. The average molecular weight is 396 g/mol. The minimum absolute atomic E-state index is 0.0662. The maximum Gasteiger partial charge on any atom is 0.263 e. The average Bonchev–Trinajstić information content (AvgIpc) is 3.17. The van der Waals surface area contributed by atoms with Crippen molar-refractivity contribution in [2.24, 2.45) is 5.14 Å². The number of carbonyl (C=O) groups is 1. The normalized spacial score (nSPS) is 16.0. The third-order valence-electron chi connectivity index (χ3n) is 3.96. The summed E-state index contributed by atoms with van der Waals surface area (Å²) < 4.78 is 34.6. The molecular formula is C17H20N2O5S2. The maximum atomic E-state index is 12.4. The summed E-state index contributed by atoms with van der Waals surface area (Å²) in [5.74, 6) is 0.968. The van der Waals surface area contributed by atoms with E-state index in [9.17, 15) is 13.2 Å². The van der Waals surface area contributed by atoms with Crippen LogP contribution in [0, 0.1) is 0 Å². The van der Waals surface area contributed by atoms with Gasteiger partial charge in [-0.15, -0.1) is 11.3 Å². The van der Waals surface area contributed by atoms with Gasteiger partial charge in [-0.3, -0.25) is 4.79 Å². The molecule has 3 N–H and O–H groups in total. The molecule has 0 saturated heterocycles. The lowest BCUT2D eigenvalue weighted by Crippen LogP contribution is -2.25. The van der Waals surface area contributed by atoms with E-state index in [1.807, 2.05) is 26.0 Å². The van der Waals surface area contributed by atoms with Gasteiger partial charge >= 0.3 is 0 Å². The molecule has 2 aromatic rings. The summed E-state index contributed by atoms with van der Waals surface area (Å²) >= 11 is 1.03. The smallest absolute Gasteiger partial charge is 0.263 e. The Morgan fingerprint density at radius 3 is 2.92 bits per heavy atom. The van der Waals surface area contributed by atoms with Crippen molar-refractivity contribution < 1.29 is 22.7 Å². The molecule has 2 heterocycles. The Kier molecular flexibility index (Phi) is 5.22. The minimum atomic E-state index is -3.94. The second kappa shape index (κ2) is 7.26. The Labute approximate surface area is 156 Å². The summed E-state index contributed by atoms with van der Waals surface area (Å²) in [7, 11) is -3.94. The number of thiophene rings is 1. The number of nitrogens with two attached hydrogens (primary N) is 1. The molecule has 1 aromatic heterocycles. The number of carbonyl (C=O) groups excluding carboxylic acids is 1. The molecule has 0 saturated carbocycles. The van der Waals surface area contributed by atoms with Gasteiger partial charge in [0, 0.05) is 24.1 Å². The molecule has 9 heteroatoms. The fourth-order valence-electron chi connectivity index (χ4n) is 2.85. The molecule has 0 unspecified atom stereocenters. The minimum Gasteiger partial charge on any atom is -0.494 e. The van der Waals surface area contributed by atoms with Gasteiger partial charge in [-0.1, -0.05) is 0 Å². The Morgan fingerprint density at radius 2 is 2.23 bits per heavy atom. The third-order valence-corrected chi connectivity index (χ3v) is 5.96. The number of sulfonamides is 1. The van der Waals surface area contributed by atoms with Crippen LogP contribution in [0.1, 0.15) is 34.6 Å². The zero-order chi connectivity index (χ0) is 18.9. The molecule has 1 aliphatic heterocycles. The van der Waals surface area contributed by atoms with E-state index < -0.39 is 15.9 Å².